The SMILES string of the molecule is C[C@H](OC(=O)c1ccccc1SCC(N)=O)C(=O)Nc1ccc(C#N)c(Cl)c1. The number of ether oxygens (including phenoxy) is 1. The first-order valence-corrected chi connectivity index (χ1v) is 9.39. The van der Waals surface area contributed by atoms with E-state index in [1.54, 1.807) is 18.2 Å². The van der Waals surface area contributed by atoms with Crippen LogP contribution in [0.2, 0.25) is 5.02 Å². The van der Waals surface area contributed by atoms with Crippen molar-refractivity contribution in [2.45, 2.75) is 17.9 Å². The molecule has 0 heterocycles. The lowest BCUT2D eigenvalue weighted by molar-refractivity contribution is -0.123. The molecule has 0 saturated heterocycles. The number of nitrogens with one attached hydrogen (secondary N) is 1. The highest BCUT2D eigenvalue weighted by atomic mass is 35.5. The first-order chi connectivity index (χ1) is 13.3. The molecule has 28 heavy (non-hydrogen) atoms. The molecule has 144 valence electrons. The minimum atomic E-state index is -1.09. The number of anilines is 1. The van der Waals surface area contributed by atoms with Crippen molar-refractivity contribution in [1.82, 2.24) is 0 Å². The van der Waals surface area contributed by atoms with Gasteiger partial charge in [-0.3, -0.25) is 9.59 Å². The summed E-state index contributed by atoms with van der Waals surface area (Å²) < 4.78 is 5.23. The largest absolute Gasteiger partial charge is 0.449 e. The van der Waals surface area contributed by atoms with Gasteiger partial charge in [0.25, 0.3) is 5.91 Å². The fraction of sp³-hybridized carbons (Fsp3) is 0.158. The van der Waals surface area contributed by atoms with E-state index >= 15 is 0 Å². The van der Waals surface area contributed by atoms with Crippen LogP contribution in [0.25, 0.3) is 0 Å². The molecule has 0 unspecified atom stereocenters. The van der Waals surface area contributed by atoms with Gasteiger partial charge in [0.15, 0.2) is 6.10 Å². The summed E-state index contributed by atoms with van der Waals surface area (Å²) in [6.07, 6.45) is -1.09. The second-order valence-corrected chi connectivity index (χ2v) is 7.02. The van der Waals surface area contributed by atoms with Crippen LogP contribution in [0.4, 0.5) is 5.69 Å². The number of halogens is 1. The molecule has 3 N–H and O–H groups in total. The molecule has 2 amide bonds. The molecular formula is C19H16ClN3O4S. The van der Waals surface area contributed by atoms with Crippen LogP contribution in [0.5, 0.6) is 0 Å². The minimum absolute atomic E-state index is 0.0137. The monoisotopic (exact) mass is 417 g/mol. The van der Waals surface area contributed by atoms with Crippen LogP contribution in [0.3, 0.4) is 0 Å². The van der Waals surface area contributed by atoms with Crippen molar-refractivity contribution < 1.29 is 19.1 Å². The van der Waals surface area contributed by atoms with Crippen molar-refractivity contribution in [2.75, 3.05) is 11.1 Å². The van der Waals surface area contributed by atoms with Crippen LogP contribution in [0.1, 0.15) is 22.8 Å². The number of thioether (sulfide) groups is 1. The van der Waals surface area contributed by atoms with E-state index < -0.39 is 23.9 Å². The van der Waals surface area contributed by atoms with Gasteiger partial charge >= 0.3 is 5.97 Å². The molecule has 2 rings (SSSR count). The molecule has 0 saturated carbocycles. The van der Waals surface area contributed by atoms with E-state index in [0.29, 0.717) is 10.6 Å². The third-order valence-electron chi connectivity index (χ3n) is 3.49. The van der Waals surface area contributed by atoms with Gasteiger partial charge in [0, 0.05) is 10.6 Å². The quantitative estimate of drug-likeness (QED) is 0.527. The number of amides is 2. The first-order valence-electron chi connectivity index (χ1n) is 8.03. The Balaban J connectivity index is 2.04. The van der Waals surface area contributed by atoms with Crippen molar-refractivity contribution >= 4 is 46.8 Å². The maximum atomic E-state index is 12.4. The summed E-state index contributed by atoms with van der Waals surface area (Å²) in [6.45, 7) is 1.43. The van der Waals surface area contributed by atoms with E-state index in [4.69, 9.17) is 27.3 Å². The molecule has 9 heteroatoms. The lowest BCUT2D eigenvalue weighted by Gasteiger charge is -2.15. The maximum absolute atomic E-state index is 12.4. The topological polar surface area (TPSA) is 122 Å². The van der Waals surface area contributed by atoms with E-state index in [1.165, 1.54) is 31.2 Å². The molecule has 0 aliphatic rings. The van der Waals surface area contributed by atoms with E-state index in [0.717, 1.165) is 11.8 Å². The molecule has 7 nitrogen and oxygen atoms in total. The number of hydrogen-bond donors (Lipinski definition) is 2. The molecule has 0 aliphatic carbocycles. The molecule has 0 aliphatic heterocycles. The Bertz CT molecular complexity index is 958. The van der Waals surface area contributed by atoms with Gasteiger partial charge in [-0.1, -0.05) is 23.7 Å². The fourth-order valence-corrected chi connectivity index (χ4v) is 3.12. The minimum Gasteiger partial charge on any atom is -0.449 e. The van der Waals surface area contributed by atoms with Gasteiger partial charge in [0.2, 0.25) is 5.91 Å². The number of primary amides is 1. The second-order valence-electron chi connectivity index (χ2n) is 5.59. The number of esters is 1. The second kappa shape index (κ2) is 9.78. The number of rotatable bonds is 7. The standard InChI is InChI=1S/C19H16ClN3O4S/c1-11(18(25)23-13-7-6-12(9-21)15(20)8-13)27-19(26)14-4-2-3-5-16(14)28-10-17(22)24/h2-8,11H,10H2,1H3,(H2,22,24)(H,23,25)/t11-/m0/s1. The van der Waals surface area contributed by atoms with E-state index in [2.05, 4.69) is 5.32 Å². The maximum Gasteiger partial charge on any atom is 0.340 e. The van der Waals surface area contributed by atoms with Crippen LogP contribution < -0.4 is 11.1 Å². The normalized spacial score (nSPS) is 11.2. The van der Waals surface area contributed by atoms with Gasteiger partial charge in [0.1, 0.15) is 6.07 Å². The smallest absolute Gasteiger partial charge is 0.340 e. The summed E-state index contributed by atoms with van der Waals surface area (Å²) >= 11 is 7.04. The number of nitrogens with zero attached hydrogens (tertiary/aromatic N) is 1. The molecule has 0 spiro atoms. The van der Waals surface area contributed by atoms with Crippen molar-refractivity contribution in [3.63, 3.8) is 0 Å². The highest BCUT2D eigenvalue weighted by molar-refractivity contribution is 8.00. The average Bonchev–Trinajstić information content (AvgIpc) is 2.66. The number of nitrogens with two attached hydrogens (primary N) is 1. The Morgan fingerprint density at radius 2 is 2.00 bits per heavy atom. The Labute approximate surface area is 170 Å². The Morgan fingerprint density at radius 3 is 2.64 bits per heavy atom. The van der Waals surface area contributed by atoms with Gasteiger partial charge in [-0.25, -0.2) is 4.79 Å². The fourth-order valence-electron chi connectivity index (χ4n) is 2.12. The highest BCUT2D eigenvalue weighted by Crippen LogP contribution is 2.24. The number of nitriles is 1. The first kappa shape index (κ1) is 21.3. The molecule has 0 aromatic heterocycles. The zero-order valence-corrected chi connectivity index (χ0v) is 16.3. The summed E-state index contributed by atoms with van der Waals surface area (Å²) in [6, 6.07) is 12.9. The summed E-state index contributed by atoms with van der Waals surface area (Å²) in [4.78, 5) is 36.2. The predicted octanol–water partition coefficient (Wildman–Crippen LogP) is 2.97. The van der Waals surface area contributed by atoms with Gasteiger partial charge in [0.05, 0.1) is 21.9 Å². The van der Waals surface area contributed by atoms with Gasteiger partial charge < -0.3 is 15.8 Å². The highest BCUT2D eigenvalue weighted by Gasteiger charge is 2.21. The summed E-state index contributed by atoms with van der Waals surface area (Å²) in [5, 5.41) is 11.6. The Kier molecular flexibility index (Phi) is 7.44. The molecule has 2 aromatic carbocycles. The van der Waals surface area contributed by atoms with Crippen molar-refractivity contribution in [2.24, 2.45) is 5.73 Å². The van der Waals surface area contributed by atoms with Crippen LogP contribution in [0, 0.1) is 11.3 Å². The van der Waals surface area contributed by atoms with Gasteiger partial charge in [-0.2, -0.15) is 5.26 Å². The summed E-state index contributed by atoms with van der Waals surface area (Å²) in [5.41, 5.74) is 6.02. The van der Waals surface area contributed by atoms with Gasteiger partial charge in [-0.05, 0) is 37.3 Å². The van der Waals surface area contributed by atoms with E-state index in [-0.39, 0.29) is 21.9 Å². The molecule has 2 aromatic rings. The van der Waals surface area contributed by atoms with Crippen molar-refractivity contribution in [3.8, 4) is 6.07 Å². The predicted molar refractivity (Wildman–Crippen MR) is 106 cm³/mol. The van der Waals surface area contributed by atoms with Crippen molar-refractivity contribution in [3.05, 3.63) is 58.6 Å². The third kappa shape index (κ3) is 5.74. The van der Waals surface area contributed by atoms with Crippen molar-refractivity contribution in [1.29, 1.82) is 5.26 Å². The van der Waals surface area contributed by atoms with Crippen LogP contribution in [-0.4, -0.2) is 29.6 Å². The molecule has 0 radical (unpaired) electrons. The molecular weight excluding hydrogens is 402 g/mol. The number of hydrogen-bond acceptors (Lipinski definition) is 6. The van der Waals surface area contributed by atoms with Crippen LogP contribution in [0.15, 0.2) is 47.4 Å². The third-order valence-corrected chi connectivity index (χ3v) is 4.90. The zero-order valence-electron chi connectivity index (χ0n) is 14.8. The lowest BCUT2D eigenvalue weighted by atomic mass is 10.2. The Morgan fingerprint density at radius 1 is 1.29 bits per heavy atom. The molecule has 0 fully saturated rings. The average molecular weight is 418 g/mol. The van der Waals surface area contributed by atoms with Crippen LogP contribution in [-0.2, 0) is 14.3 Å². The number of benzene rings is 2. The van der Waals surface area contributed by atoms with Crippen LogP contribution >= 0.6 is 23.4 Å². The molecule has 0 bridgehead atoms. The zero-order chi connectivity index (χ0) is 20.7. The lowest BCUT2D eigenvalue weighted by Crippen LogP contribution is -2.30. The van der Waals surface area contributed by atoms with Gasteiger partial charge in [-0.15, -0.1) is 11.8 Å². The summed E-state index contributed by atoms with van der Waals surface area (Å²) in [7, 11) is 0. The number of carbonyl (C=O) groups is 3. The van der Waals surface area contributed by atoms with E-state index in [9.17, 15) is 14.4 Å². The number of carbonyl (C=O) groups excluding carboxylic acids is 3. The van der Waals surface area contributed by atoms with E-state index in [1.807, 2.05) is 6.07 Å². The summed E-state index contributed by atoms with van der Waals surface area (Å²) in [5.74, 6) is -1.76. The molecule has 1 atom stereocenters. The Hall–Kier alpha value is -3.02.